The molecule has 5 aliphatic rings. The Bertz CT molecular complexity index is 1740. The number of aromatic hydroxyl groups is 1. The van der Waals surface area contributed by atoms with Crippen LogP contribution in [0.3, 0.4) is 0 Å². The van der Waals surface area contributed by atoms with Crippen molar-refractivity contribution in [3.63, 3.8) is 0 Å². The van der Waals surface area contributed by atoms with E-state index in [0.29, 0.717) is 38.8 Å². The fourth-order valence-corrected chi connectivity index (χ4v) is 8.71. The minimum Gasteiger partial charge on any atom is -0.508 e. The van der Waals surface area contributed by atoms with Crippen LogP contribution in [0.5, 0.6) is 5.75 Å². The van der Waals surface area contributed by atoms with Gasteiger partial charge in [-0.2, -0.15) is 0 Å². The lowest BCUT2D eigenvalue weighted by Gasteiger charge is -2.41. The number of fused-ring (bicyclic) bond motifs is 3. The Labute approximate surface area is 321 Å². The normalized spacial score (nSPS) is 30.4. The molecule has 0 unspecified atom stereocenters. The van der Waals surface area contributed by atoms with Crippen molar-refractivity contribution in [1.82, 2.24) is 20.4 Å². The lowest BCUT2D eigenvalue weighted by Crippen LogP contribution is -2.64. The van der Waals surface area contributed by atoms with Gasteiger partial charge in [-0.05, 0) is 83.1 Å². The molecule has 5 N–H and O–H groups in total. The molecule has 5 saturated heterocycles. The summed E-state index contributed by atoms with van der Waals surface area (Å²) in [5, 5.41) is 16.3. The number of carbonyl (C=O) groups is 4. The van der Waals surface area contributed by atoms with Crippen molar-refractivity contribution in [3.8, 4) is 5.75 Å². The van der Waals surface area contributed by atoms with Gasteiger partial charge in [-0.1, -0.05) is 42.5 Å². The molecule has 15 heteroatoms. The fraction of sp³-hybridized carbons (Fsp3) is 0.600. The van der Waals surface area contributed by atoms with Crippen LogP contribution in [0.25, 0.3) is 0 Å². The van der Waals surface area contributed by atoms with Crippen LogP contribution >= 0.6 is 0 Å². The number of ether oxygens (including phenoxy) is 5. The molecular weight excluding hydrogens is 710 g/mol. The van der Waals surface area contributed by atoms with E-state index < -0.39 is 65.6 Å². The predicted octanol–water partition coefficient (Wildman–Crippen LogP) is 1.49. The molecule has 5 aliphatic heterocycles. The predicted molar refractivity (Wildman–Crippen MR) is 197 cm³/mol. The molecule has 2 aromatic carbocycles. The maximum atomic E-state index is 14.7. The number of benzene rings is 2. The monoisotopic (exact) mass is 763 g/mol. The number of phenolic OH excluding ortho intramolecular Hbond substituents is 1. The third kappa shape index (κ3) is 8.37. The second-order valence-corrected chi connectivity index (χ2v) is 16.1. The first-order valence-corrected chi connectivity index (χ1v) is 19.3. The van der Waals surface area contributed by atoms with Crippen LogP contribution < -0.4 is 16.4 Å². The standard InChI is InChI=1S/C40H53N5O10/c1-38(2)52-31-22-51-40(33(32(31)53-38)54-39(3,4)55-40)23-42-27(20-25-14-16-26(46)17-15-25)36(49)45-19-9-13-30(45)35(48)43-28(21-24-10-6-5-7-11-24)37(50)44-18-8-12-29(44)34(41)47/h5-7,10-11,14-17,27-33,42,46H,8-9,12-13,18-23H2,1-4H3,(H2,41,47)(H,43,48)/t27-,28-,29-,30-,31+,32+,33-,40-/m0/s1. The molecule has 0 radical (unpaired) electrons. The van der Waals surface area contributed by atoms with E-state index in [1.54, 1.807) is 43.0 Å². The number of primary amides is 1. The lowest BCUT2D eigenvalue weighted by molar-refractivity contribution is -0.278. The van der Waals surface area contributed by atoms with E-state index in [9.17, 15) is 24.3 Å². The third-order valence-corrected chi connectivity index (χ3v) is 11.1. The minimum absolute atomic E-state index is 0.0534. The summed E-state index contributed by atoms with van der Waals surface area (Å²) < 4.78 is 31.6. The molecule has 4 amide bonds. The van der Waals surface area contributed by atoms with Crippen molar-refractivity contribution >= 4 is 23.6 Å². The van der Waals surface area contributed by atoms with Gasteiger partial charge in [-0.3, -0.25) is 19.2 Å². The molecule has 0 aliphatic carbocycles. The van der Waals surface area contributed by atoms with Gasteiger partial charge < -0.3 is 55.0 Å². The topological polar surface area (TPSA) is 191 Å². The van der Waals surface area contributed by atoms with E-state index in [2.05, 4.69) is 10.6 Å². The highest BCUT2D eigenvalue weighted by Crippen LogP contribution is 2.47. The number of amides is 4. The van der Waals surface area contributed by atoms with Gasteiger partial charge in [-0.15, -0.1) is 0 Å². The number of nitrogens with zero attached hydrogens (tertiary/aromatic N) is 2. The molecule has 2 aromatic rings. The van der Waals surface area contributed by atoms with Crippen LogP contribution in [0.1, 0.15) is 64.5 Å². The van der Waals surface area contributed by atoms with Gasteiger partial charge in [0.2, 0.25) is 29.4 Å². The van der Waals surface area contributed by atoms with E-state index in [0.717, 1.165) is 11.1 Å². The van der Waals surface area contributed by atoms with Gasteiger partial charge in [0.25, 0.3) is 0 Å². The van der Waals surface area contributed by atoms with Gasteiger partial charge >= 0.3 is 0 Å². The number of nitrogens with one attached hydrogen (secondary N) is 2. The summed E-state index contributed by atoms with van der Waals surface area (Å²) in [7, 11) is 0. The lowest BCUT2D eigenvalue weighted by atomic mass is 9.96. The second-order valence-electron chi connectivity index (χ2n) is 16.1. The van der Waals surface area contributed by atoms with Gasteiger partial charge in [0.05, 0.1) is 19.2 Å². The van der Waals surface area contributed by atoms with Crippen molar-refractivity contribution in [3.05, 3.63) is 65.7 Å². The summed E-state index contributed by atoms with van der Waals surface area (Å²) >= 11 is 0. The van der Waals surface area contributed by atoms with Crippen LogP contribution in [0.15, 0.2) is 54.6 Å². The molecule has 8 atom stereocenters. The van der Waals surface area contributed by atoms with Crippen LogP contribution in [-0.4, -0.2) is 125 Å². The van der Waals surface area contributed by atoms with Crippen molar-refractivity contribution in [1.29, 1.82) is 0 Å². The number of rotatable bonds is 12. The Hall–Kier alpha value is -4.12. The molecule has 0 spiro atoms. The zero-order chi connectivity index (χ0) is 39.1. The summed E-state index contributed by atoms with van der Waals surface area (Å²) in [5.74, 6) is -4.81. The van der Waals surface area contributed by atoms with Crippen molar-refractivity contribution < 1.29 is 48.0 Å². The molecule has 7 rings (SSSR count). The third-order valence-electron chi connectivity index (χ3n) is 11.1. The number of hydrogen-bond acceptors (Lipinski definition) is 11. The number of carbonyl (C=O) groups excluding carboxylic acids is 4. The zero-order valence-electron chi connectivity index (χ0n) is 31.9. The van der Waals surface area contributed by atoms with E-state index in [1.165, 1.54) is 4.90 Å². The van der Waals surface area contributed by atoms with Crippen LogP contribution in [0.4, 0.5) is 0 Å². The molecule has 0 aromatic heterocycles. The largest absolute Gasteiger partial charge is 0.508 e. The molecule has 5 heterocycles. The highest BCUT2D eigenvalue weighted by molar-refractivity contribution is 5.95. The summed E-state index contributed by atoms with van der Waals surface area (Å²) in [6.45, 7) is 8.21. The van der Waals surface area contributed by atoms with E-state index in [-0.39, 0.29) is 49.7 Å². The first kappa shape index (κ1) is 39.1. The highest BCUT2D eigenvalue weighted by Gasteiger charge is 2.65. The number of phenols is 1. The fourth-order valence-electron chi connectivity index (χ4n) is 8.71. The van der Waals surface area contributed by atoms with Crippen molar-refractivity contribution in [2.45, 2.75) is 126 Å². The van der Waals surface area contributed by atoms with Gasteiger partial charge in [0.1, 0.15) is 42.2 Å². The maximum absolute atomic E-state index is 14.7. The van der Waals surface area contributed by atoms with Crippen LogP contribution in [0.2, 0.25) is 0 Å². The average molecular weight is 764 g/mol. The second kappa shape index (κ2) is 15.4. The Kier molecular flexibility index (Phi) is 11.0. The summed E-state index contributed by atoms with van der Waals surface area (Å²) in [4.78, 5) is 58.1. The molecular formula is C40H53N5O10. The van der Waals surface area contributed by atoms with Gasteiger partial charge in [0, 0.05) is 19.5 Å². The number of nitrogens with two attached hydrogens (primary N) is 1. The molecule has 55 heavy (non-hydrogen) atoms. The van der Waals surface area contributed by atoms with Gasteiger partial charge in [0.15, 0.2) is 11.6 Å². The Morgan fingerprint density at radius 2 is 1.44 bits per heavy atom. The molecule has 298 valence electrons. The zero-order valence-corrected chi connectivity index (χ0v) is 31.9. The average Bonchev–Trinajstić information content (AvgIpc) is 3.94. The van der Waals surface area contributed by atoms with Crippen molar-refractivity contribution in [2.75, 3.05) is 26.2 Å². The smallest absolute Gasteiger partial charge is 0.246 e. The molecule has 15 nitrogen and oxygen atoms in total. The number of likely N-dealkylation sites (tertiary alicyclic amines) is 2. The highest BCUT2D eigenvalue weighted by atomic mass is 16.9. The quantitative estimate of drug-likeness (QED) is 0.245. The first-order chi connectivity index (χ1) is 26.1. The van der Waals surface area contributed by atoms with E-state index in [4.69, 9.17) is 29.4 Å². The number of hydrogen-bond donors (Lipinski definition) is 4. The van der Waals surface area contributed by atoms with Crippen molar-refractivity contribution in [2.24, 2.45) is 5.73 Å². The molecule has 0 saturated carbocycles. The summed E-state index contributed by atoms with van der Waals surface area (Å²) in [6.07, 6.45) is 1.00. The molecule has 0 bridgehead atoms. The SMILES string of the molecule is CC1(C)O[C@@H]2[C@@H](CO[C@@]3(CN[C@@H](Cc4ccc(O)cc4)C(=O)N4CCC[C@H]4C(=O)N[C@@H](Cc4ccccc4)C(=O)N4CCC[C@H]4C(N)=O)OC(C)(C)O[C@@H]23)O1. The van der Waals surface area contributed by atoms with Gasteiger partial charge in [-0.25, -0.2) is 0 Å². The van der Waals surface area contributed by atoms with Crippen LogP contribution in [0, 0.1) is 0 Å². The summed E-state index contributed by atoms with van der Waals surface area (Å²) in [6, 6.07) is 12.5. The Balaban J connectivity index is 1.11. The van der Waals surface area contributed by atoms with Crippen LogP contribution in [-0.2, 0) is 55.7 Å². The summed E-state index contributed by atoms with van der Waals surface area (Å²) in [5.41, 5.74) is 7.27. The Morgan fingerprint density at radius 3 is 2.13 bits per heavy atom. The molecule has 5 fully saturated rings. The minimum atomic E-state index is -1.31. The van der Waals surface area contributed by atoms with E-state index >= 15 is 0 Å². The Morgan fingerprint density at radius 1 is 0.818 bits per heavy atom. The van der Waals surface area contributed by atoms with E-state index in [1.807, 2.05) is 44.2 Å². The maximum Gasteiger partial charge on any atom is 0.246 e. The first-order valence-electron chi connectivity index (χ1n) is 19.3.